The van der Waals surface area contributed by atoms with Crippen LogP contribution in [0.5, 0.6) is 0 Å². The largest absolute Gasteiger partial charge is 0.376 e. The summed E-state index contributed by atoms with van der Waals surface area (Å²) in [6.07, 6.45) is 10.3. The molecule has 2 rings (SSSR count). The molecule has 1 aliphatic rings. The first-order chi connectivity index (χ1) is 9.74. The molecular weight excluding hydrogens is 252 g/mol. The highest BCUT2D eigenvalue weighted by Gasteiger charge is 2.12. The van der Waals surface area contributed by atoms with Gasteiger partial charge in [-0.3, -0.25) is 0 Å². The highest BCUT2D eigenvalue weighted by molar-refractivity contribution is 4.91. The van der Waals surface area contributed by atoms with Gasteiger partial charge >= 0.3 is 0 Å². The fourth-order valence-electron chi connectivity index (χ4n) is 2.56. The summed E-state index contributed by atoms with van der Waals surface area (Å²) in [5, 5.41) is 11.6. The van der Waals surface area contributed by atoms with E-state index in [1.807, 2.05) is 10.9 Å². The standard InChI is InChI=1S/C15H28N4O/c1-13(2)16-11-14-12-19(18-17-14)9-10-20-15-7-5-3-4-6-8-15/h12-13,15-16H,3-11H2,1-2H3. The lowest BCUT2D eigenvalue weighted by Crippen LogP contribution is -2.22. The fraction of sp³-hybridized carbons (Fsp3) is 0.867. The predicted octanol–water partition coefficient (Wildman–Crippen LogP) is 2.52. The van der Waals surface area contributed by atoms with E-state index in [2.05, 4.69) is 29.5 Å². The molecule has 1 heterocycles. The Labute approximate surface area is 122 Å². The second kappa shape index (κ2) is 8.37. The molecule has 0 aliphatic heterocycles. The summed E-state index contributed by atoms with van der Waals surface area (Å²) in [6, 6.07) is 0.471. The molecule has 0 unspecified atom stereocenters. The predicted molar refractivity (Wildman–Crippen MR) is 79.4 cm³/mol. The molecule has 20 heavy (non-hydrogen) atoms. The number of aromatic nitrogens is 3. The lowest BCUT2D eigenvalue weighted by atomic mass is 10.1. The maximum absolute atomic E-state index is 5.97. The van der Waals surface area contributed by atoms with Crippen molar-refractivity contribution in [3.05, 3.63) is 11.9 Å². The Balaban J connectivity index is 1.65. The third-order valence-electron chi connectivity index (χ3n) is 3.75. The highest BCUT2D eigenvalue weighted by Crippen LogP contribution is 2.19. The molecule has 1 aromatic heterocycles. The number of ether oxygens (including phenoxy) is 1. The van der Waals surface area contributed by atoms with Crippen LogP contribution in [-0.2, 0) is 17.8 Å². The molecule has 1 aromatic rings. The van der Waals surface area contributed by atoms with Gasteiger partial charge in [0.25, 0.3) is 0 Å². The summed E-state index contributed by atoms with van der Waals surface area (Å²) in [5.41, 5.74) is 0.994. The third kappa shape index (κ3) is 5.59. The molecular formula is C15H28N4O. The molecule has 1 N–H and O–H groups in total. The second-order valence-corrected chi connectivity index (χ2v) is 5.99. The number of rotatable bonds is 7. The van der Waals surface area contributed by atoms with Crippen molar-refractivity contribution in [3.63, 3.8) is 0 Å². The van der Waals surface area contributed by atoms with E-state index in [9.17, 15) is 0 Å². The van der Waals surface area contributed by atoms with Crippen LogP contribution in [0, 0.1) is 0 Å². The van der Waals surface area contributed by atoms with Gasteiger partial charge in [0.1, 0.15) is 0 Å². The smallest absolute Gasteiger partial charge is 0.0964 e. The fourth-order valence-corrected chi connectivity index (χ4v) is 2.56. The molecule has 0 saturated heterocycles. The van der Waals surface area contributed by atoms with Gasteiger partial charge in [-0.05, 0) is 12.8 Å². The van der Waals surface area contributed by atoms with Gasteiger partial charge in [0.05, 0.1) is 24.9 Å². The highest BCUT2D eigenvalue weighted by atomic mass is 16.5. The van der Waals surface area contributed by atoms with E-state index in [4.69, 9.17) is 4.74 Å². The van der Waals surface area contributed by atoms with Crippen molar-refractivity contribution in [2.24, 2.45) is 0 Å². The lowest BCUT2D eigenvalue weighted by molar-refractivity contribution is 0.0367. The monoisotopic (exact) mass is 280 g/mol. The summed E-state index contributed by atoms with van der Waals surface area (Å²) in [4.78, 5) is 0. The van der Waals surface area contributed by atoms with Crippen molar-refractivity contribution in [2.75, 3.05) is 6.61 Å². The minimum Gasteiger partial charge on any atom is -0.376 e. The van der Waals surface area contributed by atoms with Crippen LogP contribution in [0.1, 0.15) is 58.1 Å². The summed E-state index contributed by atoms with van der Waals surface area (Å²) in [6.45, 7) is 6.58. The summed E-state index contributed by atoms with van der Waals surface area (Å²) >= 11 is 0. The van der Waals surface area contributed by atoms with E-state index in [1.165, 1.54) is 38.5 Å². The molecule has 5 nitrogen and oxygen atoms in total. The van der Waals surface area contributed by atoms with E-state index in [-0.39, 0.29) is 0 Å². The zero-order valence-electron chi connectivity index (χ0n) is 12.8. The van der Waals surface area contributed by atoms with E-state index >= 15 is 0 Å². The average molecular weight is 280 g/mol. The van der Waals surface area contributed by atoms with E-state index in [0.717, 1.165) is 25.4 Å². The first kappa shape index (κ1) is 15.4. The van der Waals surface area contributed by atoms with Gasteiger partial charge in [-0.15, -0.1) is 5.10 Å². The lowest BCUT2D eigenvalue weighted by Gasteiger charge is -2.14. The normalized spacial score (nSPS) is 17.6. The molecule has 0 amide bonds. The quantitative estimate of drug-likeness (QED) is 0.780. The maximum Gasteiger partial charge on any atom is 0.0964 e. The Morgan fingerprint density at radius 1 is 1.30 bits per heavy atom. The topological polar surface area (TPSA) is 52.0 Å². The summed E-state index contributed by atoms with van der Waals surface area (Å²) in [5.74, 6) is 0. The molecule has 1 saturated carbocycles. The first-order valence-corrected chi connectivity index (χ1v) is 7.98. The molecule has 0 radical (unpaired) electrons. The van der Waals surface area contributed by atoms with Gasteiger partial charge in [0.15, 0.2) is 0 Å². The van der Waals surface area contributed by atoms with Crippen molar-refractivity contribution in [1.82, 2.24) is 20.3 Å². The first-order valence-electron chi connectivity index (χ1n) is 7.98. The second-order valence-electron chi connectivity index (χ2n) is 5.99. The molecule has 0 atom stereocenters. The Morgan fingerprint density at radius 2 is 2.05 bits per heavy atom. The van der Waals surface area contributed by atoms with Crippen LogP contribution in [0.2, 0.25) is 0 Å². The average Bonchev–Trinajstić information content (AvgIpc) is 2.71. The molecule has 0 spiro atoms. The zero-order chi connectivity index (χ0) is 14.2. The molecule has 114 valence electrons. The van der Waals surface area contributed by atoms with Gasteiger partial charge in [-0.2, -0.15) is 0 Å². The maximum atomic E-state index is 5.97. The Kier molecular flexibility index (Phi) is 6.47. The number of hydrogen-bond acceptors (Lipinski definition) is 4. The van der Waals surface area contributed by atoms with Crippen molar-refractivity contribution in [3.8, 4) is 0 Å². The Hall–Kier alpha value is -0.940. The van der Waals surface area contributed by atoms with Gasteiger partial charge in [0.2, 0.25) is 0 Å². The minimum atomic E-state index is 0.461. The van der Waals surface area contributed by atoms with Crippen molar-refractivity contribution < 1.29 is 4.74 Å². The van der Waals surface area contributed by atoms with E-state index in [0.29, 0.717) is 12.1 Å². The number of nitrogens with one attached hydrogen (secondary N) is 1. The summed E-state index contributed by atoms with van der Waals surface area (Å²) < 4.78 is 7.85. The van der Waals surface area contributed by atoms with Crippen molar-refractivity contribution in [1.29, 1.82) is 0 Å². The van der Waals surface area contributed by atoms with Crippen molar-refractivity contribution >= 4 is 0 Å². The molecule has 0 aromatic carbocycles. The van der Waals surface area contributed by atoms with E-state index in [1.54, 1.807) is 0 Å². The van der Waals surface area contributed by atoms with E-state index < -0.39 is 0 Å². The van der Waals surface area contributed by atoms with Crippen LogP contribution in [0.4, 0.5) is 0 Å². The summed E-state index contributed by atoms with van der Waals surface area (Å²) in [7, 11) is 0. The Bertz CT molecular complexity index is 370. The van der Waals surface area contributed by atoms with Crippen LogP contribution in [0.3, 0.4) is 0 Å². The van der Waals surface area contributed by atoms with Crippen LogP contribution >= 0.6 is 0 Å². The Morgan fingerprint density at radius 3 is 2.75 bits per heavy atom. The van der Waals surface area contributed by atoms with Crippen LogP contribution in [-0.4, -0.2) is 33.7 Å². The van der Waals surface area contributed by atoms with Crippen molar-refractivity contribution in [2.45, 2.75) is 77.6 Å². The van der Waals surface area contributed by atoms with Gasteiger partial charge in [-0.1, -0.05) is 44.7 Å². The molecule has 1 aliphatic carbocycles. The SMILES string of the molecule is CC(C)NCc1cn(CCOC2CCCCCC2)nn1. The molecule has 5 heteroatoms. The van der Waals surface area contributed by atoms with Gasteiger partial charge in [-0.25, -0.2) is 4.68 Å². The number of hydrogen-bond donors (Lipinski definition) is 1. The van der Waals surface area contributed by atoms with Crippen LogP contribution in [0.25, 0.3) is 0 Å². The number of nitrogens with zero attached hydrogens (tertiary/aromatic N) is 3. The van der Waals surface area contributed by atoms with Crippen LogP contribution < -0.4 is 5.32 Å². The van der Waals surface area contributed by atoms with Gasteiger partial charge in [0, 0.05) is 18.8 Å². The van der Waals surface area contributed by atoms with Gasteiger partial charge < -0.3 is 10.1 Å². The zero-order valence-corrected chi connectivity index (χ0v) is 12.8. The third-order valence-corrected chi connectivity index (χ3v) is 3.75. The minimum absolute atomic E-state index is 0.461. The van der Waals surface area contributed by atoms with Crippen LogP contribution in [0.15, 0.2) is 6.20 Å². The molecule has 1 fully saturated rings. The molecule has 0 bridgehead atoms.